The summed E-state index contributed by atoms with van der Waals surface area (Å²) in [7, 11) is 0. The molecular formula is C9H18N2O3. The van der Waals surface area contributed by atoms with Gasteiger partial charge in [0.1, 0.15) is 0 Å². The summed E-state index contributed by atoms with van der Waals surface area (Å²) in [5.41, 5.74) is 4.74. The molecule has 0 saturated carbocycles. The number of carboxylic acids is 1. The molecule has 0 saturated heterocycles. The topological polar surface area (TPSA) is 83.6 Å². The third kappa shape index (κ3) is 3.74. The molecule has 1 amide bonds. The van der Waals surface area contributed by atoms with Gasteiger partial charge in [0.15, 0.2) is 0 Å². The van der Waals surface area contributed by atoms with Crippen LogP contribution in [-0.4, -0.2) is 40.0 Å². The van der Waals surface area contributed by atoms with E-state index >= 15 is 0 Å². The lowest BCUT2D eigenvalue weighted by Crippen LogP contribution is -2.54. The zero-order valence-corrected chi connectivity index (χ0v) is 9.07. The fraction of sp³-hybridized carbons (Fsp3) is 0.778. The maximum absolute atomic E-state index is 11.0. The monoisotopic (exact) mass is 202 g/mol. The second kappa shape index (κ2) is 4.41. The molecule has 5 heteroatoms. The molecule has 5 nitrogen and oxygen atoms in total. The van der Waals surface area contributed by atoms with E-state index in [4.69, 9.17) is 10.8 Å². The Bertz CT molecular complexity index is 233. The molecular weight excluding hydrogens is 184 g/mol. The highest BCUT2D eigenvalue weighted by Gasteiger charge is 2.30. The first kappa shape index (κ1) is 12.9. The zero-order chi connectivity index (χ0) is 11.5. The average molecular weight is 202 g/mol. The SMILES string of the molecule is CC(C(N)=O)N(CC(=O)O)C(C)(C)C. The molecule has 0 aliphatic rings. The van der Waals surface area contributed by atoms with Gasteiger partial charge in [0.2, 0.25) is 5.91 Å². The molecule has 0 fully saturated rings. The Labute approximate surface area is 83.9 Å². The van der Waals surface area contributed by atoms with Crippen molar-refractivity contribution < 1.29 is 14.7 Å². The van der Waals surface area contributed by atoms with E-state index in [1.54, 1.807) is 11.8 Å². The Morgan fingerprint density at radius 2 is 1.86 bits per heavy atom. The number of carbonyl (C=O) groups excluding carboxylic acids is 1. The van der Waals surface area contributed by atoms with Gasteiger partial charge in [-0.2, -0.15) is 0 Å². The van der Waals surface area contributed by atoms with Crippen LogP contribution in [0.2, 0.25) is 0 Å². The molecule has 0 aromatic carbocycles. The number of aliphatic carboxylic acids is 1. The Hall–Kier alpha value is -1.10. The van der Waals surface area contributed by atoms with Gasteiger partial charge in [-0.1, -0.05) is 0 Å². The van der Waals surface area contributed by atoms with Crippen molar-refractivity contribution in [1.82, 2.24) is 4.90 Å². The number of hydrogen-bond acceptors (Lipinski definition) is 3. The molecule has 1 atom stereocenters. The van der Waals surface area contributed by atoms with Crippen molar-refractivity contribution in [2.45, 2.75) is 39.3 Å². The van der Waals surface area contributed by atoms with Crippen molar-refractivity contribution in [3.63, 3.8) is 0 Å². The van der Waals surface area contributed by atoms with Crippen molar-refractivity contribution in [1.29, 1.82) is 0 Å². The van der Waals surface area contributed by atoms with Crippen molar-refractivity contribution in [2.75, 3.05) is 6.54 Å². The first-order valence-electron chi connectivity index (χ1n) is 4.44. The van der Waals surface area contributed by atoms with Gasteiger partial charge in [-0.15, -0.1) is 0 Å². The predicted molar refractivity (Wildman–Crippen MR) is 52.8 cm³/mol. The number of rotatable bonds is 4. The maximum Gasteiger partial charge on any atom is 0.317 e. The number of primary amides is 1. The van der Waals surface area contributed by atoms with Crippen LogP contribution in [0.15, 0.2) is 0 Å². The molecule has 0 aromatic rings. The van der Waals surface area contributed by atoms with E-state index in [0.717, 1.165) is 0 Å². The van der Waals surface area contributed by atoms with Gasteiger partial charge in [0.25, 0.3) is 0 Å². The summed E-state index contributed by atoms with van der Waals surface area (Å²) in [4.78, 5) is 23.1. The van der Waals surface area contributed by atoms with Crippen LogP contribution in [0.25, 0.3) is 0 Å². The summed E-state index contributed by atoms with van der Waals surface area (Å²) < 4.78 is 0. The first-order valence-corrected chi connectivity index (χ1v) is 4.44. The van der Waals surface area contributed by atoms with E-state index < -0.39 is 23.5 Å². The van der Waals surface area contributed by atoms with Gasteiger partial charge in [0, 0.05) is 5.54 Å². The van der Waals surface area contributed by atoms with E-state index in [0.29, 0.717) is 0 Å². The molecule has 0 rings (SSSR count). The van der Waals surface area contributed by atoms with E-state index in [2.05, 4.69) is 0 Å². The van der Waals surface area contributed by atoms with Crippen LogP contribution in [0.4, 0.5) is 0 Å². The molecule has 0 aliphatic heterocycles. The lowest BCUT2D eigenvalue weighted by molar-refractivity contribution is -0.141. The fourth-order valence-electron chi connectivity index (χ4n) is 1.25. The minimum atomic E-state index is -0.965. The smallest absolute Gasteiger partial charge is 0.317 e. The molecule has 14 heavy (non-hydrogen) atoms. The van der Waals surface area contributed by atoms with E-state index in [1.165, 1.54) is 0 Å². The van der Waals surface area contributed by atoms with Crippen LogP contribution in [0.5, 0.6) is 0 Å². The molecule has 0 aliphatic carbocycles. The Morgan fingerprint density at radius 1 is 1.43 bits per heavy atom. The number of nitrogens with zero attached hydrogens (tertiary/aromatic N) is 1. The Kier molecular flexibility index (Phi) is 4.07. The Morgan fingerprint density at radius 3 is 2.07 bits per heavy atom. The summed E-state index contributed by atoms with van der Waals surface area (Å²) in [5.74, 6) is -1.48. The van der Waals surface area contributed by atoms with Crippen molar-refractivity contribution in [3.05, 3.63) is 0 Å². The fourth-order valence-corrected chi connectivity index (χ4v) is 1.25. The third-order valence-corrected chi connectivity index (χ3v) is 2.05. The molecule has 82 valence electrons. The number of carbonyl (C=O) groups is 2. The zero-order valence-electron chi connectivity index (χ0n) is 9.07. The molecule has 1 unspecified atom stereocenters. The maximum atomic E-state index is 11.0. The van der Waals surface area contributed by atoms with Crippen LogP contribution < -0.4 is 5.73 Å². The van der Waals surface area contributed by atoms with Crippen molar-refractivity contribution >= 4 is 11.9 Å². The minimum absolute atomic E-state index is 0.187. The van der Waals surface area contributed by atoms with Gasteiger partial charge in [0.05, 0.1) is 12.6 Å². The molecule has 0 heterocycles. The number of nitrogens with two attached hydrogens (primary N) is 1. The number of carboxylic acid groups (broad SMARTS) is 1. The van der Waals surface area contributed by atoms with Gasteiger partial charge in [-0.05, 0) is 27.7 Å². The molecule has 0 spiro atoms. The second-order valence-corrected chi connectivity index (χ2v) is 4.27. The van der Waals surface area contributed by atoms with Crippen LogP contribution in [0.1, 0.15) is 27.7 Å². The number of amides is 1. The van der Waals surface area contributed by atoms with Crippen LogP contribution in [0, 0.1) is 0 Å². The van der Waals surface area contributed by atoms with Crippen molar-refractivity contribution in [3.8, 4) is 0 Å². The summed E-state index contributed by atoms with van der Waals surface area (Å²) in [6, 6.07) is -0.578. The van der Waals surface area contributed by atoms with E-state index in [1.807, 2.05) is 20.8 Å². The highest BCUT2D eigenvalue weighted by molar-refractivity contribution is 5.80. The largest absolute Gasteiger partial charge is 0.480 e. The van der Waals surface area contributed by atoms with E-state index in [-0.39, 0.29) is 6.54 Å². The van der Waals surface area contributed by atoms with Gasteiger partial charge < -0.3 is 10.8 Å². The third-order valence-electron chi connectivity index (χ3n) is 2.05. The lowest BCUT2D eigenvalue weighted by Gasteiger charge is -2.37. The van der Waals surface area contributed by atoms with Crippen LogP contribution in [0.3, 0.4) is 0 Å². The molecule has 3 N–H and O–H groups in total. The highest BCUT2D eigenvalue weighted by Crippen LogP contribution is 2.16. The summed E-state index contributed by atoms with van der Waals surface area (Å²) in [6.07, 6.45) is 0. The predicted octanol–water partition coefficient (Wildman–Crippen LogP) is 0.0453. The lowest BCUT2D eigenvalue weighted by atomic mass is 10.0. The highest BCUT2D eigenvalue weighted by atomic mass is 16.4. The van der Waals surface area contributed by atoms with Crippen LogP contribution >= 0.6 is 0 Å². The quantitative estimate of drug-likeness (QED) is 0.674. The molecule has 0 bridgehead atoms. The molecule has 0 aromatic heterocycles. The van der Waals surface area contributed by atoms with Gasteiger partial charge >= 0.3 is 5.97 Å². The van der Waals surface area contributed by atoms with E-state index in [9.17, 15) is 9.59 Å². The standard InChI is InChI=1S/C9H18N2O3/c1-6(8(10)14)11(5-7(12)13)9(2,3)4/h6H,5H2,1-4H3,(H2,10,14)(H,12,13). The summed E-state index contributed by atoms with van der Waals surface area (Å²) >= 11 is 0. The summed E-state index contributed by atoms with van der Waals surface area (Å²) in [5, 5.41) is 8.68. The van der Waals surface area contributed by atoms with Gasteiger partial charge in [-0.3, -0.25) is 14.5 Å². The minimum Gasteiger partial charge on any atom is -0.480 e. The Balaban J connectivity index is 4.73. The average Bonchev–Trinajstić information content (AvgIpc) is 1.96. The van der Waals surface area contributed by atoms with Gasteiger partial charge in [-0.25, -0.2) is 0 Å². The number of hydrogen-bond donors (Lipinski definition) is 2. The molecule has 0 radical (unpaired) electrons. The van der Waals surface area contributed by atoms with Crippen molar-refractivity contribution in [2.24, 2.45) is 5.73 Å². The van der Waals surface area contributed by atoms with Crippen LogP contribution in [-0.2, 0) is 9.59 Å². The second-order valence-electron chi connectivity index (χ2n) is 4.27. The normalized spacial score (nSPS) is 14.1. The summed E-state index contributed by atoms with van der Waals surface area (Å²) in [6.45, 7) is 6.95. The first-order chi connectivity index (χ1) is 6.16.